The first-order valence-corrected chi connectivity index (χ1v) is 12.6. The van der Waals surface area contributed by atoms with E-state index in [-0.39, 0.29) is 11.7 Å². The van der Waals surface area contributed by atoms with Crippen LogP contribution in [0.15, 0.2) is 28.9 Å². The molecule has 0 atom stereocenters. The van der Waals surface area contributed by atoms with E-state index in [4.69, 9.17) is 37.1 Å². The Hall–Kier alpha value is -2.49. The number of anilines is 1. The highest BCUT2D eigenvalue weighted by Crippen LogP contribution is 2.42. The number of nitrogens with one attached hydrogen (secondary N) is 1. The molecule has 3 heterocycles. The summed E-state index contributed by atoms with van der Waals surface area (Å²) in [5, 5.41) is 3.32. The summed E-state index contributed by atoms with van der Waals surface area (Å²) in [6.45, 7) is 11.2. The first-order chi connectivity index (χ1) is 16.2. The molecule has 0 bridgehead atoms. The second kappa shape index (κ2) is 10.6. The molecule has 0 radical (unpaired) electrons. The van der Waals surface area contributed by atoms with Crippen molar-refractivity contribution in [2.24, 2.45) is 0 Å². The van der Waals surface area contributed by atoms with Crippen molar-refractivity contribution in [2.45, 2.75) is 65.7 Å². The molecule has 0 saturated heterocycles. The zero-order valence-corrected chi connectivity index (χ0v) is 22.9. The normalized spacial score (nSPS) is 12.0. The number of thiophene rings is 1. The monoisotopic (exact) mass is 541 g/mol. The molecule has 3 aromatic heterocycles. The van der Waals surface area contributed by atoms with Gasteiger partial charge in [0, 0.05) is 23.9 Å². The third-order valence-corrected chi connectivity index (χ3v) is 6.39. The largest absolute Gasteiger partial charge is 0.467 e. The number of aromatic nitrogens is 1. The number of hydrogen-bond donors (Lipinski definition) is 1. The van der Waals surface area contributed by atoms with Crippen LogP contribution in [0.4, 0.5) is 15.3 Å². The fourth-order valence-corrected chi connectivity index (χ4v) is 4.86. The molecule has 0 aliphatic carbocycles. The number of hydrogen-bond acceptors (Lipinski definition) is 7. The summed E-state index contributed by atoms with van der Waals surface area (Å²) in [7, 11) is 0. The maximum absolute atomic E-state index is 13.2. The molecule has 8 nitrogen and oxygen atoms in total. The Kier molecular flexibility index (Phi) is 8.24. The van der Waals surface area contributed by atoms with Crippen molar-refractivity contribution in [3.05, 3.63) is 45.3 Å². The molecule has 11 heteroatoms. The Morgan fingerprint density at radius 1 is 1.14 bits per heavy atom. The van der Waals surface area contributed by atoms with E-state index in [1.54, 1.807) is 59.7 Å². The minimum atomic E-state index is -0.708. The van der Waals surface area contributed by atoms with E-state index >= 15 is 0 Å². The zero-order valence-electron chi connectivity index (χ0n) is 20.5. The average molecular weight is 542 g/mol. The summed E-state index contributed by atoms with van der Waals surface area (Å²) in [6, 6.07) is 5.12. The third kappa shape index (κ3) is 7.49. The van der Waals surface area contributed by atoms with Gasteiger partial charge in [-0.25, -0.2) is 14.6 Å². The van der Waals surface area contributed by atoms with Crippen LogP contribution in [0.1, 0.15) is 52.2 Å². The highest BCUT2D eigenvalue weighted by Gasteiger charge is 2.28. The highest BCUT2D eigenvalue weighted by atomic mass is 35.5. The number of rotatable bonds is 6. The van der Waals surface area contributed by atoms with Crippen molar-refractivity contribution >= 4 is 62.6 Å². The van der Waals surface area contributed by atoms with Gasteiger partial charge in [-0.3, -0.25) is 4.90 Å². The van der Waals surface area contributed by atoms with Gasteiger partial charge in [0.15, 0.2) is 0 Å². The van der Waals surface area contributed by atoms with E-state index in [2.05, 4.69) is 10.3 Å². The molecule has 0 saturated carbocycles. The molecule has 35 heavy (non-hydrogen) atoms. The standard InChI is InChI=1S/C24H29Cl2N3O5S/c1-23(2,3)33-21(30)27-10-9-16-18(26)19-20(35-16)15(12-17(25)28-19)29(13-14-8-7-11-32-14)22(31)34-24(4,5)6/h7-8,11-12H,9-10,13H2,1-6H3,(H,27,30). The van der Waals surface area contributed by atoms with Crippen LogP contribution in [0.3, 0.4) is 0 Å². The molecular weight excluding hydrogens is 513 g/mol. The van der Waals surface area contributed by atoms with Crippen LogP contribution >= 0.6 is 34.5 Å². The van der Waals surface area contributed by atoms with Crippen LogP contribution < -0.4 is 10.2 Å². The molecule has 1 N–H and O–H groups in total. The summed E-state index contributed by atoms with van der Waals surface area (Å²) < 4.78 is 17.1. The van der Waals surface area contributed by atoms with Crippen LogP contribution in [0.25, 0.3) is 10.2 Å². The molecule has 190 valence electrons. The summed E-state index contributed by atoms with van der Waals surface area (Å²) in [4.78, 5) is 31.8. The Bertz CT molecular complexity index is 1200. The van der Waals surface area contributed by atoms with E-state index in [1.165, 1.54) is 22.5 Å². The van der Waals surface area contributed by atoms with Crippen molar-refractivity contribution in [3.8, 4) is 0 Å². The fourth-order valence-electron chi connectivity index (χ4n) is 3.12. The molecule has 0 unspecified atom stereocenters. The highest BCUT2D eigenvalue weighted by molar-refractivity contribution is 7.20. The van der Waals surface area contributed by atoms with Crippen molar-refractivity contribution < 1.29 is 23.5 Å². The summed E-state index contributed by atoms with van der Waals surface area (Å²) >= 11 is 14.4. The minimum absolute atomic E-state index is 0.127. The number of alkyl carbamates (subject to hydrolysis) is 1. The van der Waals surface area contributed by atoms with Crippen LogP contribution in [-0.2, 0) is 22.4 Å². The van der Waals surface area contributed by atoms with E-state index in [0.29, 0.717) is 39.7 Å². The maximum Gasteiger partial charge on any atom is 0.415 e. The minimum Gasteiger partial charge on any atom is -0.467 e. The molecule has 3 rings (SSSR count). The number of furan rings is 1. The molecule has 0 aliphatic rings. The van der Waals surface area contributed by atoms with Crippen molar-refractivity contribution in [1.29, 1.82) is 0 Å². The number of fused-ring (bicyclic) bond motifs is 1. The molecule has 0 aliphatic heterocycles. The topological polar surface area (TPSA) is 93.9 Å². The Morgan fingerprint density at radius 3 is 2.43 bits per heavy atom. The van der Waals surface area contributed by atoms with E-state index in [9.17, 15) is 9.59 Å². The number of halogens is 2. The summed E-state index contributed by atoms with van der Waals surface area (Å²) in [5.74, 6) is 0.571. The van der Waals surface area contributed by atoms with Crippen LogP contribution in [0.5, 0.6) is 0 Å². The fraction of sp³-hybridized carbons (Fsp3) is 0.458. The number of carbonyl (C=O) groups excluding carboxylic acids is 2. The third-order valence-electron chi connectivity index (χ3n) is 4.42. The van der Waals surface area contributed by atoms with E-state index < -0.39 is 23.4 Å². The van der Waals surface area contributed by atoms with Gasteiger partial charge < -0.3 is 19.2 Å². The lowest BCUT2D eigenvalue weighted by molar-refractivity contribution is 0.0526. The van der Waals surface area contributed by atoms with Crippen LogP contribution in [-0.4, -0.2) is 34.9 Å². The Morgan fingerprint density at radius 2 is 1.83 bits per heavy atom. The molecule has 0 spiro atoms. The van der Waals surface area contributed by atoms with Gasteiger partial charge >= 0.3 is 12.2 Å². The molecule has 0 fully saturated rings. The van der Waals surface area contributed by atoms with Crippen molar-refractivity contribution in [2.75, 3.05) is 11.4 Å². The Labute approximate surface area is 218 Å². The van der Waals surface area contributed by atoms with E-state index in [1.807, 2.05) is 0 Å². The second-order valence-electron chi connectivity index (χ2n) is 9.81. The Balaban J connectivity index is 1.94. The molecule has 0 aromatic carbocycles. The van der Waals surface area contributed by atoms with Crippen LogP contribution in [0, 0.1) is 0 Å². The van der Waals surface area contributed by atoms with Crippen molar-refractivity contribution in [3.63, 3.8) is 0 Å². The number of amides is 2. The SMILES string of the molecule is CC(C)(C)OC(=O)NCCc1sc2c(N(Cc3ccco3)C(=O)OC(C)(C)C)cc(Cl)nc2c1Cl. The second-order valence-corrected chi connectivity index (χ2v) is 11.7. The summed E-state index contributed by atoms with van der Waals surface area (Å²) in [5.41, 5.74) is -0.322. The molecule has 2 amide bonds. The van der Waals surface area contributed by atoms with Gasteiger partial charge in [-0.2, -0.15) is 0 Å². The van der Waals surface area contributed by atoms with Crippen molar-refractivity contribution in [1.82, 2.24) is 10.3 Å². The van der Waals surface area contributed by atoms with Gasteiger partial charge in [0.25, 0.3) is 0 Å². The van der Waals surface area contributed by atoms with Gasteiger partial charge in [-0.15, -0.1) is 11.3 Å². The smallest absolute Gasteiger partial charge is 0.415 e. The number of pyridine rings is 1. The molecule has 3 aromatic rings. The van der Waals surface area contributed by atoms with E-state index in [0.717, 1.165) is 4.88 Å². The van der Waals surface area contributed by atoms with Gasteiger partial charge in [0.05, 0.1) is 28.2 Å². The van der Waals surface area contributed by atoms with Crippen LogP contribution in [0.2, 0.25) is 10.2 Å². The van der Waals surface area contributed by atoms with Gasteiger partial charge in [-0.05, 0) is 53.7 Å². The lowest BCUT2D eigenvalue weighted by Crippen LogP contribution is -2.36. The lowest BCUT2D eigenvalue weighted by atomic mass is 10.2. The lowest BCUT2D eigenvalue weighted by Gasteiger charge is -2.27. The maximum atomic E-state index is 13.2. The number of carbonyl (C=O) groups is 2. The quantitative estimate of drug-likeness (QED) is 0.331. The first-order valence-electron chi connectivity index (χ1n) is 11.0. The van der Waals surface area contributed by atoms with Gasteiger partial charge in [0.2, 0.25) is 0 Å². The number of ether oxygens (including phenoxy) is 2. The predicted octanol–water partition coefficient (Wildman–Crippen LogP) is 7.21. The first kappa shape index (κ1) is 27.1. The zero-order chi connectivity index (χ0) is 26.0. The summed E-state index contributed by atoms with van der Waals surface area (Å²) in [6.07, 6.45) is 0.914. The van der Waals surface area contributed by atoms with Gasteiger partial charge in [-0.1, -0.05) is 23.2 Å². The molecular formula is C24H29Cl2N3O5S. The average Bonchev–Trinajstić information content (AvgIpc) is 3.32. The van der Waals surface area contributed by atoms with Gasteiger partial charge in [0.1, 0.15) is 27.6 Å². The predicted molar refractivity (Wildman–Crippen MR) is 139 cm³/mol. The number of nitrogens with zero attached hydrogens (tertiary/aromatic N) is 2.